The lowest BCUT2D eigenvalue weighted by Crippen LogP contribution is -2.50. The summed E-state index contributed by atoms with van der Waals surface area (Å²) < 4.78 is 11.5. The highest BCUT2D eigenvalue weighted by molar-refractivity contribution is 5.96. The van der Waals surface area contributed by atoms with Crippen LogP contribution in [0.1, 0.15) is 52.6 Å². The molecular formula is C19H24N4O3. The first-order valence-electron chi connectivity index (χ1n) is 9.17. The van der Waals surface area contributed by atoms with Gasteiger partial charge in [0.05, 0.1) is 36.2 Å². The predicted molar refractivity (Wildman–Crippen MR) is 94.8 cm³/mol. The largest absolute Gasteiger partial charge is 0.379 e. The molecule has 1 amide bonds. The molecule has 3 heterocycles. The van der Waals surface area contributed by atoms with Gasteiger partial charge in [-0.2, -0.15) is 5.10 Å². The summed E-state index contributed by atoms with van der Waals surface area (Å²) in [5.41, 5.74) is 3.28. The van der Waals surface area contributed by atoms with Gasteiger partial charge in [0, 0.05) is 24.4 Å². The van der Waals surface area contributed by atoms with Crippen molar-refractivity contribution in [3.63, 3.8) is 0 Å². The van der Waals surface area contributed by atoms with Gasteiger partial charge in [-0.3, -0.25) is 14.9 Å². The smallest absolute Gasteiger partial charge is 0.255 e. The third-order valence-corrected chi connectivity index (χ3v) is 4.96. The number of aryl methyl sites for hydroxylation is 1. The van der Waals surface area contributed by atoms with Gasteiger partial charge in [0.25, 0.3) is 5.91 Å². The number of amides is 1. The monoisotopic (exact) mass is 356 g/mol. The van der Waals surface area contributed by atoms with Crippen LogP contribution in [0.15, 0.2) is 24.4 Å². The Labute approximate surface area is 152 Å². The second kappa shape index (κ2) is 7.55. The van der Waals surface area contributed by atoms with Crippen LogP contribution < -0.4 is 5.32 Å². The number of nitrogens with one attached hydrogen (secondary N) is 2. The summed E-state index contributed by atoms with van der Waals surface area (Å²) in [7, 11) is 0. The lowest BCUT2D eigenvalue weighted by molar-refractivity contribution is -0.0743. The van der Waals surface area contributed by atoms with Crippen LogP contribution in [0.4, 0.5) is 0 Å². The minimum absolute atomic E-state index is 0.0727. The Bertz CT molecular complexity index is 757. The fourth-order valence-corrected chi connectivity index (χ4v) is 3.34. The van der Waals surface area contributed by atoms with Crippen LogP contribution in [0.2, 0.25) is 0 Å². The van der Waals surface area contributed by atoms with Crippen LogP contribution in [0.3, 0.4) is 0 Å². The highest BCUT2D eigenvalue weighted by Crippen LogP contribution is 2.41. The third-order valence-electron chi connectivity index (χ3n) is 4.96. The predicted octanol–water partition coefficient (Wildman–Crippen LogP) is 2.09. The first-order valence-corrected chi connectivity index (χ1v) is 9.17. The highest BCUT2D eigenvalue weighted by Gasteiger charge is 2.34. The van der Waals surface area contributed by atoms with Crippen molar-refractivity contribution in [2.24, 2.45) is 0 Å². The molecule has 0 bridgehead atoms. The van der Waals surface area contributed by atoms with Gasteiger partial charge in [0.2, 0.25) is 0 Å². The van der Waals surface area contributed by atoms with Gasteiger partial charge in [0.15, 0.2) is 0 Å². The van der Waals surface area contributed by atoms with E-state index in [1.54, 1.807) is 6.20 Å². The Balaban J connectivity index is 1.42. The van der Waals surface area contributed by atoms with Gasteiger partial charge in [0.1, 0.15) is 6.10 Å². The van der Waals surface area contributed by atoms with Crippen molar-refractivity contribution in [1.29, 1.82) is 0 Å². The second-order valence-corrected chi connectivity index (χ2v) is 7.00. The van der Waals surface area contributed by atoms with E-state index in [-0.39, 0.29) is 18.1 Å². The molecule has 138 valence electrons. The Hall–Kier alpha value is -2.25. The molecule has 2 aromatic rings. The number of ether oxygens (including phenoxy) is 2. The molecule has 7 heteroatoms. The van der Waals surface area contributed by atoms with E-state index in [9.17, 15) is 4.79 Å². The first-order chi connectivity index (χ1) is 12.7. The number of hydrogen-bond acceptors (Lipinski definition) is 5. The lowest BCUT2D eigenvalue weighted by atomic mass is 10.0. The summed E-state index contributed by atoms with van der Waals surface area (Å²) >= 11 is 0. The van der Waals surface area contributed by atoms with Crippen LogP contribution >= 0.6 is 0 Å². The number of aromatic nitrogens is 3. The van der Waals surface area contributed by atoms with Crippen molar-refractivity contribution >= 4 is 5.91 Å². The number of carbonyl (C=O) groups excluding carboxylic acids is 1. The normalized spacial score (nSPS) is 23.0. The molecule has 2 N–H and O–H groups in total. The standard InChI is InChI=1S/C19H24N4O3/c1-12-17(18(23-22-12)13-5-6-13)19(24)21-15-7-9-25-11-16(15)26-10-14-4-2-3-8-20-14/h2-4,8,13,15-16H,5-7,9-11H2,1H3,(H,21,24)(H,22,23)/t15-,16-/m1/s1. The molecule has 26 heavy (non-hydrogen) atoms. The van der Waals surface area contributed by atoms with Gasteiger partial charge < -0.3 is 14.8 Å². The molecule has 4 rings (SSSR count). The summed E-state index contributed by atoms with van der Waals surface area (Å²) in [5, 5.41) is 10.4. The zero-order valence-electron chi connectivity index (χ0n) is 14.9. The minimum atomic E-state index is -0.189. The Morgan fingerprint density at radius 2 is 2.27 bits per heavy atom. The molecule has 1 aliphatic heterocycles. The molecule has 7 nitrogen and oxygen atoms in total. The Morgan fingerprint density at radius 1 is 1.38 bits per heavy atom. The summed E-state index contributed by atoms with van der Waals surface area (Å²) in [5.74, 6) is 0.350. The fourth-order valence-electron chi connectivity index (χ4n) is 3.34. The molecular weight excluding hydrogens is 332 g/mol. The minimum Gasteiger partial charge on any atom is -0.379 e. The molecule has 0 radical (unpaired) electrons. The summed E-state index contributed by atoms with van der Waals surface area (Å²) in [6, 6.07) is 5.65. The van der Waals surface area contributed by atoms with Crippen molar-refractivity contribution in [1.82, 2.24) is 20.5 Å². The molecule has 1 saturated carbocycles. The van der Waals surface area contributed by atoms with Crippen LogP contribution in [-0.2, 0) is 16.1 Å². The number of aromatic amines is 1. The van der Waals surface area contributed by atoms with E-state index in [0.29, 0.717) is 31.3 Å². The van der Waals surface area contributed by atoms with E-state index in [1.807, 2.05) is 25.1 Å². The number of rotatable bonds is 6. The zero-order valence-corrected chi connectivity index (χ0v) is 14.9. The van der Waals surface area contributed by atoms with Crippen molar-refractivity contribution in [2.45, 2.75) is 50.9 Å². The zero-order chi connectivity index (χ0) is 17.9. The average Bonchev–Trinajstić information content (AvgIpc) is 3.43. The molecule has 0 spiro atoms. The first kappa shape index (κ1) is 17.2. The molecule has 2 aliphatic rings. The average molecular weight is 356 g/mol. The van der Waals surface area contributed by atoms with Crippen molar-refractivity contribution in [2.75, 3.05) is 13.2 Å². The molecule has 0 unspecified atom stereocenters. The van der Waals surface area contributed by atoms with Crippen LogP contribution in [0.25, 0.3) is 0 Å². The highest BCUT2D eigenvalue weighted by atomic mass is 16.5. The van der Waals surface area contributed by atoms with E-state index in [4.69, 9.17) is 9.47 Å². The van der Waals surface area contributed by atoms with Crippen LogP contribution in [0.5, 0.6) is 0 Å². The molecule has 1 aliphatic carbocycles. The van der Waals surface area contributed by atoms with E-state index >= 15 is 0 Å². The maximum Gasteiger partial charge on any atom is 0.255 e. The van der Waals surface area contributed by atoms with E-state index in [1.165, 1.54) is 0 Å². The number of carbonyl (C=O) groups is 1. The SMILES string of the molecule is Cc1[nH]nc(C2CC2)c1C(=O)N[C@@H]1CCOC[C@H]1OCc1ccccn1. The van der Waals surface area contributed by atoms with Crippen molar-refractivity contribution in [3.05, 3.63) is 47.0 Å². The molecule has 2 fully saturated rings. The number of H-pyrrole nitrogens is 1. The van der Waals surface area contributed by atoms with Gasteiger partial charge in [-0.15, -0.1) is 0 Å². The van der Waals surface area contributed by atoms with Crippen LogP contribution in [0, 0.1) is 6.92 Å². The van der Waals surface area contributed by atoms with E-state index in [0.717, 1.165) is 36.3 Å². The summed E-state index contributed by atoms with van der Waals surface area (Å²) in [4.78, 5) is 17.2. The number of nitrogens with zero attached hydrogens (tertiary/aromatic N) is 2. The molecule has 0 aromatic carbocycles. The molecule has 1 saturated heterocycles. The maximum absolute atomic E-state index is 12.9. The van der Waals surface area contributed by atoms with E-state index < -0.39 is 0 Å². The Kier molecular flexibility index (Phi) is 4.99. The molecule has 2 aromatic heterocycles. The van der Waals surface area contributed by atoms with Crippen molar-refractivity contribution in [3.8, 4) is 0 Å². The van der Waals surface area contributed by atoms with Crippen molar-refractivity contribution < 1.29 is 14.3 Å². The number of hydrogen-bond donors (Lipinski definition) is 2. The lowest BCUT2D eigenvalue weighted by Gasteiger charge is -2.32. The maximum atomic E-state index is 12.9. The topological polar surface area (TPSA) is 89.1 Å². The molecule has 2 atom stereocenters. The van der Waals surface area contributed by atoms with Gasteiger partial charge in [-0.05, 0) is 38.3 Å². The summed E-state index contributed by atoms with van der Waals surface area (Å²) in [6.45, 7) is 3.39. The summed E-state index contributed by atoms with van der Waals surface area (Å²) in [6.07, 6.45) is 4.51. The van der Waals surface area contributed by atoms with Gasteiger partial charge in [-0.1, -0.05) is 6.07 Å². The number of pyridine rings is 1. The second-order valence-electron chi connectivity index (χ2n) is 7.00. The van der Waals surface area contributed by atoms with Gasteiger partial charge in [-0.25, -0.2) is 0 Å². The van der Waals surface area contributed by atoms with E-state index in [2.05, 4.69) is 20.5 Å². The van der Waals surface area contributed by atoms with Crippen LogP contribution in [-0.4, -0.2) is 46.4 Å². The quantitative estimate of drug-likeness (QED) is 0.827. The third kappa shape index (κ3) is 3.78. The fraction of sp³-hybridized carbons (Fsp3) is 0.526. The Morgan fingerprint density at radius 3 is 3.04 bits per heavy atom. The van der Waals surface area contributed by atoms with Gasteiger partial charge >= 0.3 is 0 Å².